The molecule has 0 amide bonds. The molecule has 2 aromatic rings. The molecule has 2 N–H and O–H groups in total. The third-order valence-corrected chi connectivity index (χ3v) is 7.79. The summed E-state index contributed by atoms with van der Waals surface area (Å²) in [5.74, 6) is -2.53. The normalized spacial score (nSPS) is 16.7. The van der Waals surface area contributed by atoms with Crippen molar-refractivity contribution in [2.45, 2.75) is 19.8 Å². The van der Waals surface area contributed by atoms with Crippen LogP contribution in [0, 0.1) is 32.9 Å². The van der Waals surface area contributed by atoms with Gasteiger partial charge in [-0.3, -0.25) is 4.72 Å². The van der Waals surface area contributed by atoms with E-state index in [1.165, 1.54) is 16.4 Å². The van der Waals surface area contributed by atoms with Crippen molar-refractivity contribution in [2.24, 2.45) is 11.8 Å². The number of hydrogen-bond donors (Lipinski definition) is 2. The van der Waals surface area contributed by atoms with E-state index in [0.717, 1.165) is 12.1 Å². The van der Waals surface area contributed by atoms with Gasteiger partial charge in [0.2, 0.25) is 0 Å². The van der Waals surface area contributed by atoms with Gasteiger partial charge in [0.15, 0.2) is 11.6 Å². The molecule has 0 radical (unpaired) electrons. The molecule has 1 saturated heterocycles. The maximum atomic E-state index is 14.6. The zero-order chi connectivity index (χ0) is 23.5. The molecular formula is C21H25F3IN3O3S. The zero-order valence-electron chi connectivity index (χ0n) is 17.7. The third kappa shape index (κ3) is 5.86. The van der Waals surface area contributed by atoms with Crippen LogP contribution in [0.3, 0.4) is 0 Å². The van der Waals surface area contributed by atoms with Gasteiger partial charge in [0.05, 0.1) is 11.4 Å². The first-order chi connectivity index (χ1) is 15.1. The Balaban J connectivity index is 1.80. The van der Waals surface area contributed by atoms with Gasteiger partial charge in [-0.1, -0.05) is 6.92 Å². The fourth-order valence-corrected chi connectivity index (χ4v) is 5.49. The van der Waals surface area contributed by atoms with Gasteiger partial charge in [0, 0.05) is 30.4 Å². The summed E-state index contributed by atoms with van der Waals surface area (Å²) in [6.07, 6.45) is 1.34. The van der Waals surface area contributed by atoms with Crippen LogP contribution in [0.4, 0.5) is 30.2 Å². The molecule has 0 spiro atoms. The second-order valence-corrected chi connectivity index (χ2v) is 10.7. The molecule has 1 unspecified atom stereocenters. The summed E-state index contributed by atoms with van der Waals surface area (Å²) in [5, 5.41) is 2.49. The lowest BCUT2D eigenvalue weighted by Crippen LogP contribution is -2.43. The number of methoxy groups -OCH3 is 1. The predicted molar refractivity (Wildman–Crippen MR) is 127 cm³/mol. The van der Waals surface area contributed by atoms with Gasteiger partial charge in [-0.15, -0.1) is 0 Å². The summed E-state index contributed by atoms with van der Waals surface area (Å²) in [4.78, 5) is 0. The number of nitrogens with zero attached hydrogens (tertiary/aromatic N) is 1. The van der Waals surface area contributed by atoms with Crippen LogP contribution in [0.15, 0.2) is 30.3 Å². The Morgan fingerprint density at radius 1 is 1.12 bits per heavy atom. The van der Waals surface area contributed by atoms with E-state index in [-0.39, 0.29) is 11.4 Å². The molecule has 0 saturated carbocycles. The second-order valence-electron chi connectivity index (χ2n) is 7.81. The van der Waals surface area contributed by atoms with Crippen LogP contribution in [-0.2, 0) is 14.9 Å². The highest BCUT2D eigenvalue weighted by Crippen LogP contribution is 2.33. The summed E-state index contributed by atoms with van der Waals surface area (Å²) in [6, 6.07) is 6.10. The van der Waals surface area contributed by atoms with E-state index in [1.807, 2.05) is 22.6 Å². The lowest BCUT2D eigenvalue weighted by molar-refractivity contribution is 0.107. The van der Waals surface area contributed by atoms with Gasteiger partial charge < -0.3 is 10.1 Å². The van der Waals surface area contributed by atoms with Gasteiger partial charge in [0.1, 0.15) is 11.5 Å². The lowest BCUT2D eigenvalue weighted by atomic mass is 9.87. The number of hydrogen-bond acceptors (Lipinski definition) is 4. The number of ether oxygens (including phenoxy) is 1. The summed E-state index contributed by atoms with van der Waals surface area (Å²) >= 11 is 1.92. The van der Waals surface area contributed by atoms with Crippen molar-refractivity contribution in [1.29, 1.82) is 0 Å². The number of benzene rings is 2. The Hall–Kier alpha value is -1.57. The van der Waals surface area contributed by atoms with Crippen LogP contribution in [0.5, 0.6) is 0 Å². The van der Waals surface area contributed by atoms with Crippen LogP contribution < -0.4 is 10.0 Å². The van der Waals surface area contributed by atoms with E-state index in [0.29, 0.717) is 47.9 Å². The van der Waals surface area contributed by atoms with Crippen molar-refractivity contribution in [2.75, 3.05) is 36.8 Å². The Kier molecular flexibility index (Phi) is 8.28. The quantitative estimate of drug-likeness (QED) is 0.425. The van der Waals surface area contributed by atoms with Gasteiger partial charge >= 0.3 is 10.2 Å². The number of rotatable bonds is 8. The minimum absolute atomic E-state index is 0.108. The van der Waals surface area contributed by atoms with E-state index in [1.54, 1.807) is 13.2 Å². The van der Waals surface area contributed by atoms with Crippen LogP contribution in [0.1, 0.15) is 19.8 Å². The molecule has 1 heterocycles. The molecule has 176 valence electrons. The Bertz CT molecular complexity index is 1060. The van der Waals surface area contributed by atoms with E-state index < -0.39 is 33.3 Å². The predicted octanol–water partition coefficient (Wildman–Crippen LogP) is 5.10. The monoisotopic (exact) mass is 583 g/mol. The molecule has 6 nitrogen and oxygen atoms in total. The maximum Gasteiger partial charge on any atom is 0.301 e. The fraction of sp³-hybridized carbons (Fsp3) is 0.429. The fourth-order valence-electron chi connectivity index (χ4n) is 3.77. The molecule has 3 rings (SSSR count). The van der Waals surface area contributed by atoms with Crippen LogP contribution in [-0.4, -0.2) is 39.5 Å². The molecule has 2 aromatic carbocycles. The molecule has 0 aliphatic carbocycles. The Morgan fingerprint density at radius 2 is 1.78 bits per heavy atom. The molecule has 1 atom stereocenters. The first kappa shape index (κ1) is 25.1. The van der Waals surface area contributed by atoms with Gasteiger partial charge in [-0.2, -0.15) is 12.7 Å². The molecule has 11 heteroatoms. The van der Waals surface area contributed by atoms with E-state index in [9.17, 15) is 21.6 Å². The van der Waals surface area contributed by atoms with Crippen LogP contribution in [0.25, 0.3) is 0 Å². The van der Waals surface area contributed by atoms with Crippen LogP contribution in [0.2, 0.25) is 0 Å². The zero-order valence-corrected chi connectivity index (χ0v) is 20.6. The van der Waals surface area contributed by atoms with Crippen molar-refractivity contribution < 1.29 is 26.3 Å². The summed E-state index contributed by atoms with van der Waals surface area (Å²) in [5.41, 5.74) is -0.808. The summed E-state index contributed by atoms with van der Waals surface area (Å²) in [6.45, 7) is 3.27. The minimum Gasteiger partial charge on any atom is -0.384 e. The van der Waals surface area contributed by atoms with Crippen molar-refractivity contribution in [3.8, 4) is 0 Å². The van der Waals surface area contributed by atoms with Gasteiger partial charge in [-0.05, 0) is 77.6 Å². The number of halogens is 4. The molecule has 0 aromatic heterocycles. The molecular weight excluding hydrogens is 558 g/mol. The summed E-state index contributed by atoms with van der Waals surface area (Å²) in [7, 11) is -2.40. The Morgan fingerprint density at radius 3 is 2.41 bits per heavy atom. The first-order valence-electron chi connectivity index (χ1n) is 10.1. The van der Waals surface area contributed by atoms with Gasteiger partial charge in [-0.25, -0.2) is 13.2 Å². The van der Waals surface area contributed by atoms with Crippen molar-refractivity contribution in [3.05, 3.63) is 51.4 Å². The molecule has 32 heavy (non-hydrogen) atoms. The number of anilines is 3. The second kappa shape index (κ2) is 10.6. The van der Waals surface area contributed by atoms with Crippen LogP contribution >= 0.6 is 22.6 Å². The number of piperidine rings is 1. The van der Waals surface area contributed by atoms with E-state index >= 15 is 0 Å². The third-order valence-electron chi connectivity index (χ3n) is 5.60. The Labute approximate surface area is 199 Å². The average molecular weight is 583 g/mol. The largest absolute Gasteiger partial charge is 0.384 e. The molecule has 1 aliphatic rings. The van der Waals surface area contributed by atoms with Crippen molar-refractivity contribution in [1.82, 2.24) is 4.31 Å². The maximum absolute atomic E-state index is 14.6. The standard InChI is InChI=1S/C21H25F3IN3O3S/c1-13(12-31-2)14-7-9-28(10-8-14)32(29,30)27-19-6-4-16(22)20(24)21(19)26-18-5-3-15(25)11-17(18)23/h3-6,11,13-14,26-27H,7-10,12H2,1-2H3. The van der Waals surface area contributed by atoms with Gasteiger partial charge in [0.25, 0.3) is 0 Å². The number of nitrogens with one attached hydrogen (secondary N) is 2. The van der Waals surface area contributed by atoms with E-state index in [2.05, 4.69) is 17.0 Å². The highest BCUT2D eigenvalue weighted by atomic mass is 127. The highest BCUT2D eigenvalue weighted by molar-refractivity contribution is 14.1. The topological polar surface area (TPSA) is 70.7 Å². The highest BCUT2D eigenvalue weighted by Gasteiger charge is 2.31. The smallest absolute Gasteiger partial charge is 0.301 e. The average Bonchev–Trinajstić information content (AvgIpc) is 2.75. The van der Waals surface area contributed by atoms with Crippen molar-refractivity contribution >= 4 is 49.9 Å². The minimum atomic E-state index is -4.03. The molecule has 1 fully saturated rings. The molecule has 0 bridgehead atoms. The summed E-state index contributed by atoms with van der Waals surface area (Å²) < 4.78 is 78.0. The van der Waals surface area contributed by atoms with E-state index in [4.69, 9.17) is 4.74 Å². The van der Waals surface area contributed by atoms with Crippen molar-refractivity contribution in [3.63, 3.8) is 0 Å². The first-order valence-corrected chi connectivity index (χ1v) is 12.6. The molecule has 1 aliphatic heterocycles. The SMILES string of the molecule is COCC(C)C1CCN(S(=O)(=O)Nc2ccc(F)c(F)c2Nc2ccc(I)cc2F)CC1. The lowest BCUT2D eigenvalue weighted by Gasteiger charge is -2.34.